The van der Waals surface area contributed by atoms with Crippen LogP contribution in [0.5, 0.6) is 0 Å². The first-order valence-electron chi connectivity index (χ1n) is 8.49. The zero-order valence-corrected chi connectivity index (χ0v) is 13.3. The SMILES string of the molecule is CC(C)CCN(CC1(CN)CCC(C)CC1)C1CC1. The van der Waals surface area contributed by atoms with E-state index in [0.29, 0.717) is 5.41 Å². The van der Waals surface area contributed by atoms with Crippen molar-refractivity contribution in [1.29, 1.82) is 0 Å². The number of hydrogen-bond donors (Lipinski definition) is 1. The summed E-state index contributed by atoms with van der Waals surface area (Å²) in [6.45, 7) is 10.5. The Bertz CT molecular complexity index is 262. The molecule has 19 heavy (non-hydrogen) atoms. The van der Waals surface area contributed by atoms with Crippen molar-refractivity contribution in [3.8, 4) is 0 Å². The Kier molecular flexibility index (Phi) is 5.30. The zero-order chi connectivity index (χ0) is 13.9. The standard InChI is InChI=1S/C17H34N2/c1-14(2)8-11-19(16-4-5-16)13-17(12-18)9-6-15(3)7-10-17/h14-16H,4-13,18H2,1-3H3. The highest BCUT2D eigenvalue weighted by atomic mass is 15.2. The number of rotatable bonds is 7. The Morgan fingerprint density at radius 3 is 2.26 bits per heavy atom. The molecule has 0 aromatic rings. The van der Waals surface area contributed by atoms with E-state index in [1.165, 1.54) is 58.0 Å². The lowest BCUT2D eigenvalue weighted by Gasteiger charge is -2.42. The molecule has 2 aliphatic carbocycles. The van der Waals surface area contributed by atoms with Crippen LogP contribution in [0.1, 0.15) is 65.7 Å². The molecule has 2 N–H and O–H groups in total. The van der Waals surface area contributed by atoms with Gasteiger partial charge in [0.05, 0.1) is 0 Å². The van der Waals surface area contributed by atoms with E-state index in [0.717, 1.165) is 24.4 Å². The molecular formula is C17H34N2. The lowest BCUT2D eigenvalue weighted by molar-refractivity contribution is 0.0874. The average molecular weight is 266 g/mol. The minimum Gasteiger partial charge on any atom is -0.330 e. The van der Waals surface area contributed by atoms with Gasteiger partial charge in [0.1, 0.15) is 0 Å². The summed E-state index contributed by atoms with van der Waals surface area (Å²) in [6, 6.07) is 0.890. The fourth-order valence-corrected chi connectivity index (χ4v) is 3.49. The summed E-state index contributed by atoms with van der Waals surface area (Å²) >= 11 is 0. The van der Waals surface area contributed by atoms with Gasteiger partial charge in [0.2, 0.25) is 0 Å². The summed E-state index contributed by atoms with van der Waals surface area (Å²) < 4.78 is 0. The Balaban J connectivity index is 1.90. The van der Waals surface area contributed by atoms with E-state index in [4.69, 9.17) is 5.73 Å². The highest BCUT2D eigenvalue weighted by molar-refractivity contribution is 4.93. The number of nitrogens with zero attached hydrogens (tertiary/aromatic N) is 1. The highest BCUT2D eigenvalue weighted by Gasteiger charge is 2.38. The van der Waals surface area contributed by atoms with E-state index < -0.39 is 0 Å². The van der Waals surface area contributed by atoms with Crippen molar-refractivity contribution in [1.82, 2.24) is 4.90 Å². The first kappa shape index (κ1) is 15.3. The second-order valence-electron chi connectivity index (χ2n) is 7.77. The molecule has 0 spiro atoms. The molecule has 2 heteroatoms. The van der Waals surface area contributed by atoms with Crippen molar-refractivity contribution in [3.63, 3.8) is 0 Å². The first-order valence-corrected chi connectivity index (χ1v) is 8.49. The molecule has 2 aliphatic rings. The van der Waals surface area contributed by atoms with E-state index >= 15 is 0 Å². The van der Waals surface area contributed by atoms with Gasteiger partial charge in [-0.2, -0.15) is 0 Å². The topological polar surface area (TPSA) is 29.3 Å². The fourth-order valence-electron chi connectivity index (χ4n) is 3.49. The Morgan fingerprint density at radius 1 is 1.16 bits per heavy atom. The molecule has 2 rings (SSSR count). The van der Waals surface area contributed by atoms with Crippen LogP contribution in [0.3, 0.4) is 0 Å². The van der Waals surface area contributed by atoms with Crippen molar-refractivity contribution in [2.45, 2.75) is 71.8 Å². The number of hydrogen-bond acceptors (Lipinski definition) is 2. The monoisotopic (exact) mass is 266 g/mol. The molecule has 0 amide bonds. The minimum atomic E-state index is 0.437. The predicted octanol–water partition coefficient (Wildman–Crippen LogP) is 3.65. The lowest BCUT2D eigenvalue weighted by atomic mass is 9.70. The molecule has 0 bridgehead atoms. The first-order chi connectivity index (χ1) is 9.04. The van der Waals surface area contributed by atoms with Crippen LogP contribution in [0.25, 0.3) is 0 Å². The van der Waals surface area contributed by atoms with E-state index in [2.05, 4.69) is 25.7 Å². The summed E-state index contributed by atoms with van der Waals surface area (Å²) in [4.78, 5) is 2.78. The molecule has 0 saturated heterocycles. The van der Waals surface area contributed by atoms with Crippen LogP contribution in [-0.2, 0) is 0 Å². The molecule has 0 aromatic heterocycles. The smallest absolute Gasteiger partial charge is 0.00966 e. The molecule has 0 heterocycles. The van der Waals surface area contributed by atoms with Gasteiger partial charge in [-0.05, 0) is 62.4 Å². The van der Waals surface area contributed by atoms with Crippen molar-refractivity contribution in [3.05, 3.63) is 0 Å². The predicted molar refractivity (Wildman–Crippen MR) is 83.2 cm³/mol. The van der Waals surface area contributed by atoms with Crippen molar-refractivity contribution >= 4 is 0 Å². The van der Waals surface area contributed by atoms with Crippen LogP contribution in [0.4, 0.5) is 0 Å². The van der Waals surface area contributed by atoms with E-state index in [1.54, 1.807) is 0 Å². The highest BCUT2D eigenvalue weighted by Crippen LogP contribution is 2.40. The molecule has 2 fully saturated rings. The van der Waals surface area contributed by atoms with Crippen molar-refractivity contribution < 1.29 is 0 Å². The molecule has 0 radical (unpaired) electrons. The van der Waals surface area contributed by atoms with Gasteiger partial charge in [-0.15, -0.1) is 0 Å². The van der Waals surface area contributed by atoms with Crippen LogP contribution >= 0.6 is 0 Å². The minimum absolute atomic E-state index is 0.437. The zero-order valence-electron chi connectivity index (χ0n) is 13.3. The quantitative estimate of drug-likeness (QED) is 0.762. The second kappa shape index (κ2) is 6.58. The van der Waals surface area contributed by atoms with Crippen LogP contribution < -0.4 is 5.73 Å². The van der Waals surface area contributed by atoms with Crippen molar-refractivity contribution in [2.75, 3.05) is 19.6 Å². The average Bonchev–Trinajstić information content (AvgIpc) is 3.21. The van der Waals surface area contributed by atoms with E-state index in [9.17, 15) is 0 Å². The summed E-state index contributed by atoms with van der Waals surface area (Å²) in [5, 5.41) is 0. The molecule has 2 nitrogen and oxygen atoms in total. The molecule has 0 unspecified atom stereocenters. The Labute approximate surface area is 120 Å². The van der Waals surface area contributed by atoms with Gasteiger partial charge in [0.15, 0.2) is 0 Å². The molecule has 2 saturated carbocycles. The third kappa shape index (κ3) is 4.46. The van der Waals surface area contributed by atoms with Gasteiger partial charge in [-0.25, -0.2) is 0 Å². The summed E-state index contributed by atoms with van der Waals surface area (Å²) in [6.07, 6.45) is 9.68. The molecule has 112 valence electrons. The second-order valence-corrected chi connectivity index (χ2v) is 7.77. The molecule has 0 aliphatic heterocycles. The molecule has 0 atom stereocenters. The van der Waals surface area contributed by atoms with E-state index in [1.807, 2.05) is 0 Å². The maximum atomic E-state index is 6.18. The number of nitrogens with two attached hydrogens (primary N) is 1. The normalized spacial score (nSPS) is 32.2. The summed E-state index contributed by atoms with van der Waals surface area (Å²) in [5.41, 5.74) is 6.62. The largest absolute Gasteiger partial charge is 0.330 e. The third-order valence-electron chi connectivity index (χ3n) is 5.36. The van der Waals surface area contributed by atoms with Crippen LogP contribution in [0, 0.1) is 17.3 Å². The maximum Gasteiger partial charge on any atom is 0.00966 e. The van der Waals surface area contributed by atoms with Gasteiger partial charge in [0.25, 0.3) is 0 Å². The van der Waals surface area contributed by atoms with Gasteiger partial charge in [-0.1, -0.05) is 33.6 Å². The Hall–Kier alpha value is -0.0800. The molecule has 0 aromatic carbocycles. The summed E-state index contributed by atoms with van der Waals surface area (Å²) in [5.74, 6) is 1.74. The molecular weight excluding hydrogens is 232 g/mol. The maximum absolute atomic E-state index is 6.18. The van der Waals surface area contributed by atoms with E-state index in [-0.39, 0.29) is 0 Å². The van der Waals surface area contributed by atoms with Gasteiger partial charge >= 0.3 is 0 Å². The Morgan fingerprint density at radius 2 is 1.79 bits per heavy atom. The van der Waals surface area contributed by atoms with Gasteiger partial charge in [0, 0.05) is 12.6 Å². The lowest BCUT2D eigenvalue weighted by Crippen LogP contribution is -2.46. The van der Waals surface area contributed by atoms with Crippen LogP contribution in [-0.4, -0.2) is 30.6 Å². The van der Waals surface area contributed by atoms with Crippen molar-refractivity contribution in [2.24, 2.45) is 23.0 Å². The van der Waals surface area contributed by atoms with Gasteiger partial charge in [-0.3, -0.25) is 4.90 Å². The van der Waals surface area contributed by atoms with Gasteiger partial charge < -0.3 is 5.73 Å². The van der Waals surface area contributed by atoms with Crippen LogP contribution in [0.15, 0.2) is 0 Å². The summed E-state index contributed by atoms with van der Waals surface area (Å²) in [7, 11) is 0. The van der Waals surface area contributed by atoms with Crippen LogP contribution in [0.2, 0.25) is 0 Å². The third-order valence-corrected chi connectivity index (χ3v) is 5.36. The fraction of sp³-hybridized carbons (Fsp3) is 1.00.